The van der Waals surface area contributed by atoms with Crippen molar-refractivity contribution in [2.75, 3.05) is 11.9 Å². The van der Waals surface area contributed by atoms with E-state index in [2.05, 4.69) is 20.6 Å². The van der Waals surface area contributed by atoms with Gasteiger partial charge in [-0.15, -0.1) is 0 Å². The van der Waals surface area contributed by atoms with E-state index < -0.39 is 0 Å². The second kappa shape index (κ2) is 8.73. The summed E-state index contributed by atoms with van der Waals surface area (Å²) in [5, 5.41) is 6.29. The van der Waals surface area contributed by atoms with E-state index in [1.807, 2.05) is 41.7 Å². The van der Waals surface area contributed by atoms with E-state index in [0.29, 0.717) is 29.3 Å². The van der Waals surface area contributed by atoms with E-state index in [0.717, 1.165) is 5.56 Å². The van der Waals surface area contributed by atoms with Gasteiger partial charge in [0, 0.05) is 30.9 Å². The summed E-state index contributed by atoms with van der Waals surface area (Å²) >= 11 is 0. The van der Waals surface area contributed by atoms with Crippen molar-refractivity contribution in [2.45, 2.75) is 19.4 Å². The highest BCUT2D eigenvalue weighted by atomic mass is 19.1. The number of halogens is 1. The Morgan fingerprint density at radius 1 is 1.17 bits per heavy atom. The van der Waals surface area contributed by atoms with Crippen molar-refractivity contribution in [3.8, 4) is 11.3 Å². The Hall–Kier alpha value is -3.74. The number of rotatable bonds is 7. The first-order chi connectivity index (χ1) is 14.6. The van der Waals surface area contributed by atoms with Crippen LogP contribution in [0.3, 0.4) is 0 Å². The van der Waals surface area contributed by atoms with Crippen LogP contribution in [0.5, 0.6) is 0 Å². The quantitative estimate of drug-likeness (QED) is 0.485. The molecule has 4 rings (SSSR count). The average Bonchev–Trinajstić information content (AvgIpc) is 3.13. The molecule has 0 aliphatic heterocycles. The number of anilines is 1. The second-order valence-corrected chi connectivity index (χ2v) is 7.00. The molecule has 0 radical (unpaired) electrons. The highest BCUT2D eigenvalue weighted by Gasteiger charge is 2.15. The third-order valence-corrected chi connectivity index (χ3v) is 4.85. The minimum absolute atomic E-state index is 0.0540. The number of hydrogen-bond donors (Lipinski definition) is 2. The van der Waals surface area contributed by atoms with Crippen LogP contribution >= 0.6 is 0 Å². The van der Waals surface area contributed by atoms with Crippen LogP contribution in [0, 0.1) is 5.82 Å². The van der Waals surface area contributed by atoms with Crippen LogP contribution in [0.2, 0.25) is 0 Å². The second-order valence-electron chi connectivity index (χ2n) is 7.00. The van der Waals surface area contributed by atoms with Gasteiger partial charge >= 0.3 is 0 Å². The van der Waals surface area contributed by atoms with Crippen molar-refractivity contribution in [3.63, 3.8) is 0 Å². The van der Waals surface area contributed by atoms with Gasteiger partial charge in [0.1, 0.15) is 17.3 Å². The summed E-state index contributed by atoms with van der Waals surface area (Å²) in [5.41, 5.74) is 2.96. The number of carbonyl (C=O) groups excluding carboxylic acids is 1. The van der Waals surface area contributed by atoms with E-state index in [4.69, 9.17) is 0 Å². The Morgan fingerprint density at radius 2 is 2.00 bits per heavy atom. The number of fused-ring (bicyclic) bond motifs is 1. The average molecular weight is 403 g/mol. The Balaban J connectivity index is 1.47. The molecule has 4 aromatic rings. The fraction of sp³-hybridized carbons (Fsp3) is 0.174. The summed E-state index contributed by atoms with van der Waals surface area (Å²) in [5.74, 6) is 0.312. The fourth-order valence-electron chi connectivity index (χ4n) is 3.35. The molecule has 1 atom stereocenters. The molecule has 7 heteroatoms. The standard InChI is InChI=1S/C23H22FN5O/c1-16(17-6-3-2-4-7-17)27-21(30)10-11-26-23-22(18-8-5-9-19(24)14-18)28-20-15-25-12-13-29(20)23/h2-9,12-16,26H,10-11H2,1H3,(H,27,30)/t16-/m1/s1. The normalized spacial score (nSPS) is 11.9. The summed E-state index contributed by atoms with van der Waals surface area (Å²) in [4.78, 5) is 21.1. The molecule has 0 saturated heterocycles. The van der Waals surface area contributed by atoms with Gasteiger partial charge in [0.05, 0.1) is 12.2 Å². The van der Waals surface area contributed by atoms with Crippen molar-refractivity contribution in [2.24, 2.45) is 0 Å². The molecule has 6 nitrogen and oxygen atoms in total. The topological polar surface area (TPSA) is 71.3 Å². The van der Waals surface area contributed by atoms with Gasteiger partial charge in [-0.2, -0.15) is 0 Å². The van der Waals surface area contributed by atoms with E-state index in [9.17, 15) is 9.18 Å². The summed E-state index contributed by atoms with van der Waals surface area (Å²) < 4.78 is 15.6. The van der Waals surface area contributed by atoms with E-state index in [1.54, 1.807) is 30.7 Å². The zero-order chi connectivity index (χ0) is 20.9. The van der Waals surface area contributed by atoms with Crippen molar-refractivity contribution in [3.05, 3.63) is 84.6 Å². The van der Waals surface area contributed by atoms with Crippen LogP contribution in [0.1, 0.15) is 24.9 Å². The molecule has 2 aromatic carbocycles. The first-order valence-electron chi connectivity index (χ1n) is 9.78. The summed E-state index contributed by atoms with van der Waals surface area (Å²) in [6.07, 6.45) is 5.37. The van der Waals surface area contributed by atoms with Gasteiger partial charge < -0.3 is 10.6 Å². The molecule has 30 heavy (non-hydrogen) atoms. The maximum Gasteiger partial charge on any atom is 0.222 e. The molecule has 0 spiro atoms. The summed E-state index contributed by atoms with van der Waals surface area (Å²) in [6, 6.07) is 16.0. The number of nitrogens with one attached hydrogen (secondary N) is 2. The molecule has 2 heterocycles. The van der Waals surface area contributed by atoms with Gasteiger partial charge in [0.25, 0.3) is 0 Å². The van der Waals surface area contributed by atoms with Crippen LogP contribution in [-0.2, 0) is 4.79 Å². The predicted octanol–water partition coefficient (Wildman–Crippen LogP) is 4.21. The van der Waals surface area contributed by atoms with E-state index in [1.165, 1.54) is 12.1 Å². The zero-order valence-corrected chi connectivity index (χ0v) is 16.5. The van der Waals surface area contributed by atoms with Crippen LogP contribution in [0.15, 0.2) is 73.2 Å². The van der Waals surface area contributed by atoms with Crippen LogP contribution in [0.4, 0.5) is 10.2 Å². The minimum atomic E-state index is -0.331. The number of nitrogens with zero attached hydrogens (tertiary/aromatic N) is 3. The van der Waals surface area contributed by atoms with Crippen molar-refractivity contribution in [1.82, 2.24) is 19.7 Å². The Bertz CT molecular complexity index is 1160. The molecule has 0 bridgehead atoms. The molecular formula is C23H22FN5O. The van der Waals surface area contributed by atoms with Crippen molar-refractivity contribution in [1.29, 1.82) is 0 Å². The van der Waals surface area contributed by atoms with Gasteiger partial charge in [-0.05, 0) is 24.6 Å². The Kier molecular flexibility index (Phi) is 5.70. The fourth-order valence-corrected chi connectivity index (χ4v) is 3.35. The van der Waals surface area contributed by atoms with E-state index >= 15 is 0 Å². The number of aromatic nitrogens is 3. The van der Waals surface area contributed by atoms with Crippen LogP contribution in [-0.4, -0.2) is 26.8 Å². The lowest BCUT2D eigenvalue weighted by Gasteiger charge is -2.15. The Labute approximate surface area is 173 Å². The lowest BCUT2D eigenvalue weighted by molar-refractivity contribution is -0.121. The zero-order valence-electron chi connectivity index (χ0n) is 16.5. The molecule has 0 aliphatic carbocycles. The van der Waals surface area contributed by atoms with E-state index in [-0.39, 0.29) is 24.2 Å². The van der Waals surface area contributed by atoms with Gasteiger partial charge in [0.15, 0.2) is 5.65 Å². The molecule has 2 N–H and O–H groups in total. The predicted molar refractivity (Wildman–Crippen MR) is 114 cm³/mol. The molecule has 0 unspecified atom stereocenters. The molecule has 0 fully saturated rings. The minimum Gasteiger partial charge on any atom is -0.369 e. The molecule has 1 amide bonds. The Morgan fingerprint density at radius 3 is 2.80 bits per heavy atom. The molecule has 152 valence electrons. The highest BCUT2D eigenvalue weighted by molar-refractivity contribution is 5.79. The lowest BCUT2D eigenvalue weighted by atomic mass is 10.1. The van der Waals surface area contributed by atoms with Crippen molar-refractivity contribution < 1.29 is 9.18 Å². The number of amides is 1. The number of carbonyl (C=O) groups is 1. The van der Waals surface area contributed by atoms with Gasteiger partial charge in [-0.1, -0.05) is 42.5 Å². The van der Waals surface area contributed by atoms with Crippen molar-refractivity contribution >= 4 is 17.4 Å². The van der Waals surface area contributed by atoms with Gasteiger partial charge in [-0.3, -0.25) is 14.2 Å². The largest absolute Gasteiger partial charge is 0.369 e. The monoisotopic (exact) mass is 403 g/mol. The summed E-state index contributed by atoms with van der Waals surface area (Å²) in [7, 11) is 0. The van der Waals surface area contributed by atoms with Gasteiger partial charge in [-0.25, -0.2) is 9.37 Å². The smallest absolute Gasteiger partial charge is 0.222 e. The number of imidazole rings is 1. The lowest BCUT2D eigenvalue weighted by Crippen LogP contribution is -2.28. The third kappa shape index (κ3) is 4.30. The van der Waals surface area contributed by atoms with Crippen LogP contribution < -0.4 is 10.6 Å². The SMILES string of the molecule is C[C@@H](NC(=O)CCNc1c(-c2cccc(F)c2)nc2cnccn12)c1ccccc1. The molecular weight excluding hydrogens is 381 g/mol. The third-order valence-electron chi connectivity index (χ3n) is 4.85. The molecule has 0 saturated carbocycles. The van der Waals surface area contributed by atoms with Crippen LogP contribution in [0.25, 0.3) is 16.9 Å². The maximum absolute atomic E-state index is 13.7. The molecule has 0 aliphatic rings. The number of hydrogen-bond acceptors (Lipinski definition) is 4. The first kappa shape index (κ1) is 19.6. The maximum atomic E-state index is 13.7. The molecule has 2 aromatic heterocycles. The van der Waals surface area contributed by atoms with Gasteiger partial charge in [0.2, 0.25) is 5.91 Å². The summed E-state index contributed by atoms with van der Waals surface area (Å²) in [6.45, 7) is 2.37. The number of benzene rings is 2. The first-order valence-corrected chi connectivity index (χ1v) is 9.78. The highest BCUT2D eigenvalue weighted by Crippen LogP contribution is 2.28.